The summed E-state index contributed by atoms with van der Waals surface area (Å²) in [4.78, 5) is 12.6. The van der Waals surface area contributed by atoms with Crippen molar-refractivity contribution in [3.63, 3.8) is 0 Å². The molecule has 0 atom stereocenters. The number of amides is 1. The summed E-state index contributed by atoms with van der Waals surface area (Å²) in [5.74, 6) is 0. The molecule has 0 saturated heterocycles. The Morgan fingerprint density at radius 3 is 3.00 bits per heavy atom. The van der Waals surface area contributed by atoms with Gasteiger partial charge in [0.2, 0.25) is 0 Å². The summed E-state index contributed by atoms with van der Waals surface area (Å²) in [6.07, 6.45) is 0.911. The first-order valence-corrected chi connectivity index (χ1v) is 4.63. The van der Waals surface area contributed by atoms with Crippen LogP contribution in [0.2, 0.25) is 0 Å². The van der Waals surface area contributed by atoms with Gasteiger partial charge in [-0.2, -0.15) is 0 Å². The summed E-state index contributed by atoms with van der Waals surface area (Å²) in [5, 5.41) is -0.385. The standard InChI is InChI=1S/C10H10ClNO/c1-7-2-3-8-4-5-12(10(11)13)9(8)6-7/h2-3,6H,4-5H2,1H3. The molecule has 1 heterocycles. The lowest BCUT2D eigenvalue weighted by atomic mass is 10.1. The molecule has 1 aromatic rings. The SMILES string of the molecule is Cc1ccc2c(c1)N(C(=O)Cl)CC2. The van der Waals surface area contributed by atoms with Gasteiger partial charge in [0.15, 0.2) is 0 Å². The molecule has 0 fully saturated rings. The Balaban J connectivity index is 2.46. The number of nitrogens with zero attached hydrogens (tertiary/aromatic N) is 1. The van der Waals surface area contributed by atoms with Crippen LogP contribution in [0.4, 0.5) is 10.5 Å². The van der Waals surface area contributed by atoms with Crippen LogP contribution in [0.3, 0.4) is 0 Å². The highest BCUT2D eigenvalue weighted by atomic mass is 35.5. The lowest BCUT2D eigenvalue weighted by Crippen LogP contribution is -2.22. The fourth-order valence-corrected chi connectivity index (χ4v) is 1.85. The van der Waals surface area contributed by atoms with Gasteiger partial charge in [0.1, 0.15) is 0 Å². The lowest BCUT2D eigenvalue weighted by molar-refractivity contribution is 0.264. The molecule has 13 heavy (non-hydrogen) atoms. The predicted octanol–water partition coefficient (Wildman–Crippen LogP) is 2.72. The maximum atomic E-state index is 11.0. The van der Waals surface area contributed by atoms with Crippen LogP contribution in [0, 0.1) is 6.92 Å². The molecule has 0 N–H and O–H groups in total. The summed E-state index contributed by atoms with van der Waals surface area (Å²) in [7, 11) is 0. The van der Waals surface area contributed by atoms with E-state index in [-0.39, 0.29) is 5.37 Å². The van der Waals surface area contributed by atoms with E-state index in [1.165, 1.54) is 5.56 Å². The molecule has 1 aliphatic rings. The van der Waals surface area contributed by atoms with Crippen molar-refractivity contribution in [2.45, 2.75) is 13.3 Å². The number of carbonyl (C=O) groups is 1. The molecule has 1 amide bonds. The Morgan fingerprint density at radius 1 is 1.54 bits per heavy atom. The van der Waals surface area contributed by atoms with Gasteiger partial charge >= 0.3 is 5.37 Å². The zero-order valence-electron chi connectivity index (χ0n) is 7.38. The van der Waals surface area contributed by atoms with Crippen molar-refractivity contribution >= 4 is 22.7 Å². The largest absolute Gasteiger partial charge is 0.320 e. The molecular weight excluding hydrogens is 186 g/mol. The van der Waals surface area contributed by atoms with E-state index < -0.39 is 0 Å². The van der Waals surface area contributed by atoms with E-state index in [2.05, 4.69) is 12.1 Å². The van der Waals surface area contributed by atoms with Gasteiger partial charge in [-0.15, -0.1) is 0 Å². The third-order valence-corrected chi connectivity index (χ3v) is 2.55. The van der Waals surface area contributed by atoms with Crippen LogP contribution in [-0.4, -0.2) is 11.9 Å². The van der Waals surface area contributed by atoms with E-state index in [9.17, 15) is 4.79 Å². The fraction of sp³-hybridized carbons (Fsp3) is 0.300. The van der Waals surface area contributed by atoms with Gasteiger partial charge in [0.25, 0.3) is 0 Å². The van der Waals surface area contributed by atoms with Crippen molar-refractivity contribution in [3.05, 3.63) is 29.3 Å². The van der Waals surface area contributed by atoms with Crippen molar-refractivity contribution in [1.82, 2.24) is 0 Å². The first-order chi connectivity index (χ1) is 6.18. The smallest absolute Gasteiger partial charge is 0.298 e. The number of aryl methyl sites for hydroxylation is 1. The van der Waals surface area contributed by atoms with Gasteiger partial charge in [-0.05, 0) is 42.1 Å². The number of hydrogen-bond donors (Lipinski definition) is 0. The zero-order chi connectivity index (χ0) is 9.42. The number of anilines is 1. The van der Waals surface area contributed by atoms with Crippen LogP contribution in [0.1, 0.15) is 11.1 Å². The van der Waals surface area contributed by atoms with Gasteiger partial charge in [-0.3, -0.25) is 9.69 Å². The Bertz CT molecular complexity index is 362. The molecule has 3 heteroatoms. The molecule has 68 valence electrons. The number of hydrogen-bond acceptors (Lipinski definition) is 1. The van der Waals surface area contributed by atoms with E-state index in [4.69, 9.17) is 11.6 Å². The normalized spacial score (nSPS) is 14.5. The molecule has 2 rings (SSSR count). The second-order valence-electron chi connectivity index (χ2n) is 3.29. The van der Waals surface area contributed by atoms with Crippen molar-refractivity contribution in [1.29, 1.82) is 0 Å². The van der Waals surface area contributed by atoms with E-state index in [1.54, 1.807) is 4.90 Å². The zero-order valence-corrected chi connectivity index (χ0v) is 8.14. The minimum absolute atomic E-state index is 0.385. The average molecular weight is 196 g/mol. The maximum Gasteiger partial charge on any atom is 0.320 e. The van der Waals surface area contributed by atoms with Crippen molar-refractivity contribution in [3.8, 4) is 0 Å². The third-order valence-electron chi connectivity index (χ3n) is 2.35. The first kappa shape index (κ1) is 8.57. The summed E-state index contributed by atoms with van der Waals surface area (Å²) < 4.78 is 0. The molecule has 0 saturated carbocycles. The lowest BCUT2D eigenvalue weighted by Gasteiger charge is -2.12. The minimum Gasteiger partial charge on any atom is -0.298 e. The number of fused-ring (bicyclic) bond motifs is 1. The molecule has 0 aliphatic carbocycles. The highest BCUT2D eigenvalue weighted by molar-refractivity contribution is 6.66. The van der Waals surface area contributed by atoms with Gasteiger partial charge in [-0.25, -0.2) is 0 Å². The van der Waals surface area contributed by atoms with E-state index in [0.29, 0.717) is 6.54 Å². The second kappa shape index (κ2) is 3.04. The number of halogens is 1. The fourth-order valence-electron chi connectivity index (χ4n) is 1.67. The summed E-state index contributed by atoms with van der Waals surface area (Å²) in [6, 6.07) is 6.12. The van der Waals surface area contributed by atoms with Crippen molar-refractivity contribution in [2.75, 3.05) is 11.4 Å². The highest BCUT2D eigenvalue weighted by Crippen LogP contribution is 2.29. The molecule has 2 nitrogen and oxygen atoms in total. The highest BCUT2D eigenvalue weighted by Gasteiger charge is 2.22. The summed E-state index contributed by atoms with van der Waals surface area (Å²) in [5.41, 5.74) is 3.34. The third kappa shape index (κ3) is 1.42. The van der Waals surface area contributed by atoms with E-state index >= 15 is 0 Å². The topological polar surface area (TPSA) is 20.3 Å². The molecule has 1 aliphatic heterocycles. The molecule has 0 radical (unpaired) electrons. The summed E-state index contributed by atoms with van der Waals surface area (Å²) >= 11 is 5.45. The van der Waals surface area contributed by atoms with Crippen LogP contribution >= 0.6 is 11.6 Å². The second-order valence-corrected chi connectivity index (χ2v) is 3.61. The Kier molecular flexibility index (Phi) is 2.00. The van der Waals surface area contributed by atoms with Crippen molar-refractivity contribution < 1.29 is 4.79 Å². The van der Waals surface area contributed by atoms with Crippen molar-refractivity contribution in [2.24, 2.45) is 0 Å². The minimum atomic E-state index is -0.385. The number of benzene rings is 1. The van der Waals surface area contributed by atoms with Gasteiger partial charge in [0, 0.05) is 12.2 Å². The van der Waals surface area contributed by atoms with Crippen LogP contribution < -0.4 is 4.90 Å². The first-order valence-electron chi connectivity index (χ1n) is 4.25. The Labute approximate surface area is 82.1 Å². The molecule has 0 aromatic heterocycles. The van der Waals surface area contributed by atoms with Gasteiger partial charge < -0.3 is 0 Å². The van der Waals surface area contributed by atoms with Gasteiger partial charge in [0.05, 0.1) is 0 Å². The van der Waals surface area contributed by atoms with Gasteiger partial charge in [-0.1, -0.05) is 12.1 Å². The van der Waals surface area contributed by atoms with Crippen LogP contribution in [0.15, 0.2) is 18.2 Å². The Hall–Kier alpha value is -1.02. The molecule has 0 unspecified atom stereocenters. The molecule has 1 aromatic carbocycles. The Morgan fingerprint density at radius 2 is 2.31 bits per heavy atom. The quantitative estimate of drug-likeness (QED) is 0.461. The monoisotopic (exact) mass is 195 g/mol. The van der Waals surface area contributed by atoms with E-state index in [0.717, 1.165) is 17.7 Å². The molecule has 0 spiro atoms. The maximum absolute atomic E-state index is 11.0. The summed E-state index contributed by atoms with van der Waals surface area (Å²) in [6.45, 7) is 2.72. The van der Waals surface area contributed by atoms with Crippen LogP contribution in [0.5, 0.6) is 0 Å². The van der Waals surface area contributed by atoms with Crippen LogP contribution in [0.25, 0.3) is 0 Å². The van der Waals surface area contributed by atoms with E-state index in [1.807, 2.05) is 13.0 Å². The average Bonchev–Trinajstić information content (AvgIpc) is 2.46. The molecular formula is C10H10ClNO. The number of carbonyl (C=O) groups excluding carboxylic acids is 1. The molecule has 0 bridgehead atoms. The predicted molar refractivity (Wildman–Crippen MR) is 53.5 cm³/mol. The number of rotatable bonds is 0. The van der Waals surface area contributed by atoms with Crippen LogP contribution in [-0.2, 0) is 6.42 Å².